The first-order chi connectivity index (χ1) is 10.6. The van der Waals surface area contributed by atoms with Gasteiger partial charge in [0, 0.05) is 38.3 Å². The maximum atomic E-state index is 12.2. The summed E-state index contributed by atoms with van der Waals surface area (Å²) in [5.74, 6) is 0.000396. The van der Waals surface area contributed by atoms with Gasteiger partial charge in [-0.15, -0.1) is 0 Å². The van der Waals surface area contributed by atoms with Gasteiger partial charge in [0.25, 0.3) is 5.91 Å². The molecule has 114 valence electrons. The van der Waals surface area contributed by atoms with Gasteiger partial charge in [0.05, 0.1) is 11.9 Å². The lowest BCUT2D eigenvalue weighted by atomic mass is 10.1. The molecule has 0 unspecified atom stereocenters. The van der Waals surface area contributed by atoms with Gasteiger partial charge in [-0.05, 0) is 18.1 Å². The molecule has 1 aromatic heterocycles. The van der Waals surface area contributed by atoms with Crippen LogP contribution in [0.2, 0.25) is 0 Å². The number of benzene rings is 1. The second-order valence-corrected chi connectivity index (χ2v) is 5.44. The molecule has 0 saturated heterocycles. The zero-order valence-electron chi connectivity index (χ0n) is 12.5. The predicted molar refractivity (Wildman–Crippen MR) is 82.3 cm³/mol. The molecule has 2 aromatic rings. The molecule has 1 N–H and O–H groups in total. The molecule has 0 atom stereocenters. The van der Waals surface area contributed by atoms with Gasteiger partial charge in [-0.1, -0.05) is 18.2 Å². The Kier molecular flexibility index (Phi) is 3.91. The Balaban J connectivity index is 1.46. The predicted octanol–water partition coefficient (Wildman–Crippen LogP) is 1.79. The van der Waals surface area contributed by atoms with E-state index >= 15 is 0 Å². The lowest BCUT2D eigenvalue weighted by Gasteiger charge is -2.15. The van der Waals surface area contributed by atoms with Crippen LogP contribution in [0, 0.1) is 0 Å². The van der Waals surface area contributed by atoms with Crippen LogP contribution in [0.3, 0.4) is 0 Å². The quantitative estimate of drug-likeness (QED) is 0.915. The number of carbonyl (C=O) groups excluding carboxylic acids is 2. The fraction of sp³-hybridized carbons (Fsp3) is 0.312. The van der Waals surface area contributed by atoms with Gasteiger partial charge >= 0.3 is 0 Å². The molecule has 1 aromatic carbocycles. The third kappa shape index (κ3) is 3.00. The summed E-state index contributed by atoms with van der Waals surface area (Å²) in [4.78, 5) is 25.8. The van der Waals surface area contributed by atoms with Gasteiger partial charge in [0.15, 0.2) is 0 Å². The van der Waals surface area contributed by atoms with Gasteiger partial charge < -0.3 is 10.2 Å². The van der Waals surface area contributed by atoms with Crippen LogP contribution in [0.5, 0.6) is 0 Å². The molecule has 6 heteroatoms. The van der Waals surface area contributed by atoms with Crippen LogP contribution in [-0.2, 0) is 18.4 Å². The number of anilines is 1. The Bertz CT molecular complexity index is 708. The Labute approximate surface area is 128 Å². The molecule has 3 rings (SSSR count). The van der Waals surface area contributed by atoms with Crippen LogP contribution >= 0.6 is 0 Å². The maximum absolute atomic E-state index is 12.2. The lowest BCUT2D eigenvalue weighted by Crippen LogP contribution is -2.26. The van der Waals surface area contributed by atoms with Crippen LogP contribution in [0.15, 0.2) is 36.7 Å². The van der Waals surface area contributed by atoms with Gasteiger partial charge in [-0.25, -0.2) is 0 Å². The van der Waals surface area contributed by atoms with Crippen LogP contribution in [0.25, 0.3) is 0 Å². The standard InChI is InChI=1S/C16H18N4O2/c1-19-11-13(9-17-19)18-15(21)7-4-8-20-10-12-5-2-3-6-14(12)16(20)22/h2-3,5-6,9,11H,4,7-8,10H2,1H3,(H,18,21). The van der Waals surface area contributed by atoms with E-state index in [9.17, 15) is 9.59 Å². The molecule has 0 bridgehead atoms. The molecule has 0 spiro atoms. The van der Waals surface area contributed by atoms with Crippen LogP contribution < -0.4 is 5.32 Å². The smallest absolute Gasteiger partial charge is 0.254 e. The van der Waals surface area contributed by atoms with E-state index in [0.717, 1.165) is 11.1 Å². The summed E-state index contributed by atoms with van der Waals surface area (Å²) in [5, 5.41) is 6.79. The van der Waals surface area contributed by atoms with Crippen molar-refractivity contribution in [3.05, 3.63) is 47.8 Å². The highest BCUT2D eigenvalue weighted by Crippen LogP contribution is 2.22. The minimum atomic E-state index is -0.0582. The van der Waals surface area contributed by atoms with Crippen molar-refractivity contribution < 1.29 is 9.59 Å². The Morgan fingerprint density at radius 2 is 2.18 bits per heavy atom. The van der Waals surface area contributed by atoms with Crippen molar-refractivity contribution in [2.45, 2.75) is 19.4 Å². The minimum absolute atomic E-state index is 0.0582. The first-order valence-corrected chi connectivity index (χ1v) is 7.29. The summed E-state index contributed by atoms with van der Waals surface area (Å²) < 4.78 is 1.63. The first kappa shape index (κ1) is 14.3. The molecule has 0 fully saturated rings. The maximum Gasteiger partial charge on any atom is 0.254 e. The van der Waals surface area contributed by atoms with E-state index < -0.39 is 0 Å². The molecule has 0 saturated carbocycles. The normalized spacial score (nSPS) is 13.3. The zero-order valence-corrected chi connectivity index (χ0v) is 12.5. The zero-order chi connectivity index (χ0) is 15.5. The molecule has 0 radical (unpaired) electrons. The Hall–Kier alpha value is -2.63. The van der Waals surface area contributed by atoms with Gasteiger partial charge in [-0.2, -0.15) is 5.10 Å². The highest BCUT2D eigenvalue weighted by Gasteiger charge is 2.26. The van der Waals surface area contributed by atoms with Gasteiger partial charge in [0.2, 0.25) is 5.91 Å². The number of carbonyl (C=O) groups is 2. The summed E-state index contributed by atoms with van der Waals surface area (Å²) in [6, 6.07) is 7.65. The molecule has 1 aliphatic rings. The SMILES string of the molecule is Cn1cc(NC(=O)CCCN2Cc3ccccc3C2=O)cn1. The van der Waals surface area contributed by atoms with E-state index in [1.54, 1.807) is 29.0 Å². The van der Waals surface area contributed by atoms with Crippen molar-refractivity contribution in [1.82, 2.24) is 14.7 Å². The van der Waals surface area contributed by atoms with E-state index in [0.29, 0.717) is 31.6 Å². The van der Waals surface area contributed by atoms with Crippen molar-refractivity contribution in [2.24, 2.45) is 7.05 Å². The van der Waals surface area contributed by atoms with E-state index in [1.807, 2.05) is 24.3 Å². The largest absolute Gasteiger partial charge is 0.334 e. The molecule has 0 aliphatic carbocycles. The number of aromatic nitrogens is 2. The second kappa shape index (κ2) is 6.01. The summed E-state index contributed by atoms with van der Waals surface area (Å²) >= 11 is 0. The fourth-order valence-corrected chi connectivity index (χ4v) is 2.63. The van der Waals surface area contributed by atoms with Crippen molar-refractivity contribution in [2.75, 3.05) is 11.9 Å². The van der Waals surface area contributed by atoms with Crippen molar-refractivity contribution in [3.63, 3.8) is 0 Å². The monoisotopic (exact) mass is 298 g/mol. The number of hydrogen-bond acceptors (Lipinski definition) is 3. The highest BCUT2D eigenvalue weighted by molar-refractivity contribution is 5.98. The molecular formula is C16H18N4O2. The van der Waals surface area contributed by atoms with E-state index in [2.05, 4.69) is 10.4 Å². The molecular weight excluding hydrogens is 280 g/mol. The summed E-state index contributed by atoms with van der Waals surface area (Å²) in [6.45, 7) is 1.23. The number of fused-ring (bicyclic) bond motifs is 1. The number of nitrogens with one attached hydrogen (secondary N) is 1. The molecule has 22 heavy (non-hydrogen) atoms. The number of amides is 2. The van der Waals surface area contributed by atoms with Gasteiger partial charge in [0.1, 0.15) is 0 Å². The average molecular weight is 298 g/mol. The number of nitrogens with zero attached hydrogens (tertiary/aromatic N) is 3. The second-order valence-electron chi connectivity index (χ2n) is 5.44. The minimum Gasteiger partial charge on any atom is -0.334 e. The topological polar surface area (TPSA) is 67.2 Å². The molecule has 2 amide bonds. The number of hydrogen-bond donors (Lipinski definition) is 1. The highest BCUT2D eigenvalue weighted by atomic mass is 16.2. The Morgan fingerprint density at radius 3 is 2.91 bits per heavy atom. The van der Waals surface area contributed by atoms with Gasteiger partial charge in [-0.3, -0.25) is 14.3 Å². The van der Waals surface area contributed by atoms with Crippen molar-refractivity contribution in [1.29, 1.82) is 0 Å². The van der Waals surface area contributed by atoms with Crippen LogP contribution in [0.4, 0.5) is 5.69 Å². The molecule has 1 aliphatic heterocycles. The summed E-state index contributed by atoms with van der Waals surface area (Å²) in [5.41, 5.74) is 2.53. The van der Waals surface area contributed by atoms with Crippen molar-refractivity contribution >= 4 is 17.5 Å². The van der Waals surface area contributed by atoms with Crippen LogP contribution in [-0.4, -0.2) is 33.0 Å². The van der Waals surface area contributed by atoms with E-state index in [4.69, 9.17) is 0 Å². The first-order valence-electron chi connectivity index (χ1n) is 7.29. The average Bonchev–Trinajstić information content (AvgIpc) is 3.04. The Morgan fingerprint density at radius 1 is 1.36 bits per heavy atom. The lowest BCUT2D eigenvalue weighted by molar-refractivity contribution is -0.116. The number of rotatable bonds is 5. The van der Waals surface area contributed by atoms with E-state index in [-0.39, 0.29) is 11.8 Å². The molecule has 2 heterocycles. The third-order valence-electron chi connectivity index (χ3n) is 3.72. The summed E-state index contributed by atoms with van der Waals surface area (Å²) in [7, 11) is 1.80. The van der Waals surface area contributed by atoms with Crippen LogP contribution in [0.1, 0.15) is 28.8 Å². The summed E-state index contributed by atoms with van der Waals surface area (Å²) in [6.07, 6.45) is 4.39. The van der Waals surface area contributed by atoms with E-state index in [1.165, 1.54) is 0 Å². The third-order valence-corrected chi connectivity index (χ3v) is 3.72. The molecule has 6 nitrogen and oxygen atoms in total. The fourth-order valence-electron chi connectivity index (χ4n) is 2.63. The van der Waals surface area contributed by atoms with Crippen molar-refractivity contribution in [3.8, 4) is 0 Å². The number of aryl methyl sites for hydroxylation is 1.